The molecular weight excluding hydrogens is 470 g/mol. The maximum absolute atomic E-state index is 12.8. The monoisotopic (exact) mass is 495 g/mol. The number of fused-ring (bicyclic) bond motifs is 1. The van der Waals surface area contributed by atoms with E-state index in [4.69, 9.17) is 4.74 Å². The normalized spacial score (nSPS) is 15.6. The topological polar surface area (TPSA) is 72.7 Å². The van der Waals surface area contributed by atoms with Crippen LogP contribution in [0.4, 0.5) is 5.69 Å². The number of esters is 1. The van der Waals surface area contributed by atoms with Gasteiger partial charge in [-0.25, -0.2) is 9.79 Å². The van der Waals surface area contributed by atoms with Gasteiger partial charge in [-0.1, -0.05) is 42.5 Å². The molecule has 1 N–H and O–H groups in total. The quantitative estimate of drug-likeness (QED) is 0.273. The molecule has 1 aromatic heterocycles. The maximum atomic E-state index is 12.8. The Balaban J connectivity index is 1.47. The van der Waals surface area contributed by atoms with Gasteiger partial charge in [0.2, 0.25) is 0 Å². The molecule has 1 aliphatic rings. The molecule has 0 bridgehead atoms. The van der Waals surface area contributed by atoms with Gasteiger partial charge in [-0.3, -0.25) is 4.79 Å². The van der Waals surface area contributed by atoms with Gasteiger partial charge >= 0.3 is 5.97 Å². The number of rotatable bonds is 5. The lowest BCUT2D eigenvalue weighted by Crippen LogP contribution is -2.19. The Morgan fingerprint density at radius 1 is 1.08 bits per heavy atom. The highest BCUT2D eigenvalue weighted by Crippen LogP contribution is 2.32. The summed E-state index contributed by atoms with van der Waals surface area (Å²) < 4.78 is 6.98. The van der Waals surface area contributed by atoms with E-state index in [0.717, 1.165) is 38.8 Å². The van der Waals surface area contributed by atoms with Crippen LogP contribution in [0.5, 0.6) is 0 Å². The Hall–Kier alpha value is -4.10. The molecule has 3 aromatic carbocycles. The van der Waals surface area contributed by atoms with E-state index in [-0.39, 0.29) is 11.9 Å². The molecule has 0 unspecified atom stereocenters. The number of hydrogen-bond donors (Lipinski definition) is 1. The van der Waals surface area contributed by atoms with Crippen LogP contribution in [0.2, 0.25) is 0 Å². The standard InChI is InChI=1S/C29H25N3O3S/c1-18-8-6-12-24(19(18)2)30-29-31-27(33)26(36-29)15-22-17-32(25-13-5-4-11-23(22)25)16-20-9-7-10-21(14-20)28(34)35-3/h4-15,17H,16H2,1-3H3,(H,30,31,33). The zero-order valence-electron chi connectivity index (χ0n) is 20.2. The average molecular weight is 496 g/mol. The van der Waals surface area contributed by atoms with Crippen molar-refractivity contribution in [2.45, 2.75) is 20.4 Å². The predicted molar refractivity (Wildman–Crippen MR) is 146 cm³/mol. The summed E-state index contributed by atoms with van der Waals surface area (Å²) in [7, 11) is 1.38. The lowest BCUT2D eigenvalue weighted by molar-refractivity contribution is -0.115. The molecule has 180 valence electrons. The molecule has 0 radical (unpaired) electrons. The van der Waals surface area contributed by atoms with Crippen molar-refractivity contribution in [3.05, 3.63) is 106 Å². The Labute approximate surface area is 213 Å². The molecule has 36 heavy (non-hydrogen) atoms. The fourth-order valence-corrected chi connectivity index (χ4v) is 5.05. The minimum Gasteiger partial charge on any atom is -0.465 e. The van der Waals surface area contributed by atoms with Gasteiger partial charge < -0.3 is 14.6 Å². The molecule has 1 aliphatic heterocycles. The number of aryl methyl sites for hydroxylation is 1. The Morgan fingerprint density at radius 3 is 2.72 bits per heavy atom. The lowest BCUT2D eigenvalue weighted by atomic mass is 10.1. The molecule has 1 fully saturated rings. The van der Waals surface area contributed by atoms with E-state index in [1.54, 1.807) is 6.07 Å². The van der Waals surface area contributed by atoms with Crippen LogP contribution in [-0.4, -0.2) is 28.7 Å². The van der Waals surface area contributed by atoms with Gasteiger partial charge in [0.05, 0.1) is 23.3 Å². The summed E-state index contributed by atoms with van der Waals surface area (Å²) in [6, 6.07) is 21.5. The lowest BCUT2D eigenvalue weighted by Gasteiger charge is -2.07. The minimum atomic E-state index is -0.359. The number of carbonyl (C=O) groups is 2. The molecule has 0 aliphatic carbocycles. The molecule has 0 spiro atoms. The van der Waals surface area contributed by atoms with Gasteiger partial charge in [-0.2, -0.15) is 0 Å². The molecule has 6 nitrogen and oxygen atoms in total. The first-order chi connectivity index (χ1) is 17.4. The number of hydrogen-bond acceptors (Lipinski definition) is 5. The SMILES string of the molecule is COC(=O)c1cccc(Cn2cc(C=C3SC(=Nc4cccc(C)c4C)NC3=O)c3ccccc32)c1. The first-order valence-electron chi connectivity index (χ1n) is 11.5. The number of para-hydroxylation sites is 1. The molecule has 0 atom stereocenters. The highest BCUT2D eigenvalue weighted by atomic mass is 32.2. The van der Waals surface area contributed by atoms with E-state index >= 15 is 0 Å². The van der Waals surface area contributed by atoms with E-state index < -0.39 is 0 Å². The third-order valence-electron chi connectivity index (χ3n) is 6.26. The highest BCUT2D eigenvalue weighted by molar-refractivity contribution is 8.18. The first kappa shape index (κ1) is 23.6. The average Bonchev–Trinajstić information content (AvgIpc) is 3.41. The summed E-state index contributed by atoms with van der Waals surface area (Å²) in [6.07, 6.45) is 3.95. The highest BCUT2D eigenvalue weighted by Gasteiger charge is 2.24. The number of aliphatic imine (C=N–C) groups is 1. The van der Waals surface area contributed by atoms with Gasteiger partial charge in [0, 0.05) is 29.2 Å². The molecule has 7 heteroatoms. The van der Waals surface area contributed by atoms with Gasteiger partial charge in [0.25, 0.3) is 5.91 Å². The third kappa shape index (κ3) is 4.70. The van der Waals surface area contributed by atoms with Crippen LogP contribution in [-0.2, 0) is 16.1 Å². The van der Waals surface area contributed by atoms with Gasteiger partial charge in [0.15, 0.2) is 5.17 Å². The van der Waals surface area contributed by atoms with Gasteiger partial charge in [-0.15, -0.1) is 0 Å². The molecule has 5 rings (SSSR count). The number of nitrogens with one attached hydrogen (secondary N) is 1. The van der Waals surface area contributed by atoms with Crippen molar-refractivity contribution in [1.82, 2.24) is 9.88 Å². The summed E-state index contributed by atoms with van der Waals surface area (Å²) in [5.74, 6) is -0.520. The van der Waals surface area contributed by atoms with Crippen molar-refractivity contribution >= 4 is 51.5 Å². The summed E-state index contributed by atoms with van der Waals surface area (Å²) in [5, 5.41) is 4.51. The number of nitrogens with zero attached hydrogens (tertiary/aromatic N) is 2. The molecule has 1 amide bonds. The number of methoxy groups -OCH3 is 1. The zero-order chi connectivity index (χ0) is 25.2. The van der Waals surface area contributed by atoms with Crippen LogP contribution in [0, 0.1) is 13.8 Å². The smallest absolute Gasteiger partial charge is 0.337 e. The number of carbonyl (C=O) groups excluding carboxylic acids is 2. The molecular formula is C29H25N3O3S. The van der Waals surface area contributed by atoms with E-state index in [9.17, 15) is 9.59 Å². The summed E-state index contributed by atoms with van der Waals surface area (Å²) in [5.41, 5.74) is 6.59. The number of ether oxygens (including phenoxy) is 1. The second-order valence-corrected chi connectivity index (χ2v) is 9.65. The molecule has 2 heterocycles. The molecule has 1 saturated heterocycles. The second-order valence-electron chi connectivity index (χ2n) is 8.62. The Bertz CT molecular complexity index is 1570. The summed E-state index contributed by atoms with van der Waals surface area (Å²) in [4.78, 5) is 30.0. The molecule has 0 saturated carbocycles. The van der Waals surface area contributed by atoms with Crippen molar-refractivity contribution in [2.75, 3.05) is 7.11 Å². The van der Waals surface area contributed by atoms with Crippen LogP contribution in [0.1, 0.15) is 32.6 Å². The first-order valence-corrected chi connectivity index (χ1v) is 12.4. The second kappa shape index (κ2) is 9.87. The zero-order valence-corrected chi connectivity index (χ0v) is 21.1. The minimum absolute atomic E-state index is 0.160. The third-order valence-corrected chi connectivity index (χ3v) is 7.17. The van der Waals surface area contributed by atoms with Crippen molar-refractivity contribution in [1.29, 1.82) is 0 Å². The number of amides is 1. The van der Waals surface area contributed by atoms with Crippen LogP contribution in [0.3, 0.4) is 0 Å². The van der Waals surface area contributed by atoms with E-state index in [0.29, 0.717) is 22.2 Å². The van der Waals surface area contributed by atoms with Crippen molar-refractivity contribution in [3.8, 4) is 0 Å². The van der Waals surface area contributed by atoms with Crippen molar-refractivity contribution in [2.24, 2.45) is 4.99 Å². The summed E-state index contributed by atoms with van der Waals surface area (Å²) in [6.45, 7) is 4.65. The largest absolute Gasteiger partial charge is 0.465 e. The fraction of sp³-hybridized carbons (Fsp3) is 0.138. The van der Waals surface area contributed by atoms with E-state index in [1.807, 2.05) is 80.7 Å². The summed E-state index contributed by atoms with van der Waals surface area (Å²) >= 11 is 1.34. The maximum Gasteiger partial charge on any atom is 0.337 e. The molecule has 4 aromatic rings. The predicted octanol–water partition coefficient (Wildman–Crippen LogP) is 5.98. The van der Waals surface area contributed by atoms with E-state index in [1.165, 1.54) is 18.9 Å². The van der Waals surface area contributed by atoms with Crippen LogP contribution < -0.4 is 5.32 Å². The van der Waals surface area contributed by atoms with Gasteiger partial charge in [0.1, 0.15) is 0 Å². The number of benzene rings is 3. The van der Waals surface area contributed by atoms with Crippen molar-refractivity contribution in [3.63, 3.8) is 0 Å². The Kier molecular flexibility index (Phi) is 6.48. The van der Waals surface area contributed by atoms with E-state index in [2.05, 4.69) is 20.9 Å². The number of aromatic nitrogens is 1. The van der Waals surface area contributed by atoms with Crippen molar-refractivity contribution < 1.29 is 14.3 Å². The van der Waals surface area contributed by atoms with Crippen LogP contribution in [0.25, 0.3) is 17.0 Å². The van der Waals surface area contributed by atoms with Gasteiger partial charge in [-0.05, 0) is 72.6 Å². The van der Waals surface area contributed by atoms with Crippen LogP contribution >= 0.6 is 11.8 Å². The van der Waals surface area contributed by atoms with Crippen LogP contribution in [0.15, 0.2) is 82.8 Å². The number of amidine groups is 1. The fourth-order valence-electron chi connectivity index (χ4n) is 4.22. The number of thioether (sulfide) groups is 1. The Morgan fingerprint density at radius 2 is 1.89 bits per heavy atom.